The third-order valence-electron chi connectivity index (χ3n) is 4.56. The van der Waals surface area contributed by atoms with Crippen molar-refractivity contribution >= 4 is 28.8 Å². The van der Waals surface area contributed by atoms with Crippen molar-refractivity contribution in [3.63, 3.8) is 0 Å². The third-order valence-corrected chi connectivity index (χ3v) is 4.56. The van der Waals surface area contributed by atoms with Crippen LogP contribution in [-0.4, -0.2) is 18.4 Å². The molecule has 1 aliphatic heterocycles. The summed E-state index contributed by atoms with van der Waals surface area (Å²) in [6, 6.07) is 16.5. The van der Waals surface area contributed by atoms with E-state index in [1.807, 2.05) is 43.3 Å². The smallest absolute Gasteiger partial charge is 0.267 e. The van der Waals surface area contributed by atoms with Crippen LogP contribution in [0.5, 0.6) is 0 Å². The number of nitrogens with one attached hydrogen (secondary N) is 1. The van der Waals surface area contributed by atoms with Crippen molar-refractivity contribution in [2.24, 2.45) is 0 Å². The first-order valence-electron chi connectivity index (χ1n) is 9.00. The topological polar surface area (TPSA) is 73.2 Å². The van der Waals surface area contributed by atoms with Gasteiger partial charge in [-0.05, 0) is 31.5 Å². The van der Waals surface area contributed by atoms with Crippen LogP contribution in [-0.2, 0) is 9.59 Å². The number of hydrogen-bond acceptors (Lipinski definition) is 3. The van der Waals surface area contributed by atoms with Crippen molar-refractivity contribution in [2.75, 3.05) is 16.8 Å². The number of rotatable bonds is 5. The number of benzene rings is 2. The number of hydrogen-bond donors (Lipinski definition) is 1. The summed E-state index contributed by atoms with van der Waals surface area (Å²) in [5.41, 5.74) is 3.05. The highest BCUT2D eigenvalue weighted by molar-refractivity contribution is 6.37. The first-order valence-corrected chi connectivity index (χ1v) is 9.00. The van der Waals surface area contributed by atoms with Crippen LogP contribution >= 0.6 is 0 Å². The Morgan fingerprint density at radius 3 is 2.52 bits per heavy atom. The average molecular weight is 359 g/mol. The zero-order chi connectivity index (χ0) is 19.4. The van der Waals surface area contributed by atoms with E-state index in [0.717, 1.165) is 24.1 Å². The van der Waals surface area contributed by atoms with Crippen molar-refractivity contribution < 1.29 is 9.59 Å². The average Bonchev–Trinajstić information content (AvgIpc) is 2.95. The molecule has 0 bridgehead atoms. The van der Waals surface area contributed by atoms with Gasteiger partial charge in [0.1, 0.15) is 11.6 Å². The standard InChI is InChI=1S/C22H21N3O2/c1-3-4-13-25-19-8-6-5-7-17(19)20(22(25)27)18(14-23)21(26)24-16-11-9-15(2)10-12-16/h5-12H,3-4,13H2,1-2H3,(H,24,26)/b20-18+. The Morgan fingerprint density at radius 1 is 1.15 bits per heavy atom. The van der Waals surface area contributed by atoms with Crippen LogP contribution in [0.15, 0.2) is 54.1 Å². The number of para-hydroxylation sites is 1. The molecule has 0 unspecified atom stereocenters. The Bertz CT molecular complexity index is 952. The second-order valence-corrected chi connectivity index (χ2v) is 6.51. The van der Waals surface area contributed by atoms with E-state index in [-0.39, 0.29) is 17.1 Å². The largest absolute Gasteiger partial charge is 0.321 e. The first-order chi connectivity index (χ1) is 13.1. The lowest BCUT2D eigenvalue weighted by Crippen LogP contribution is -2.28. The normalized spacial score (nSPS) is 14.6. The fraction of sp³-hybridized carbons (Fsp3) is 0.227. The van der Waals surface area contributed by atoms with E-state index >= 15 is 0 Å². The molecule has 2 aromatic rings. The van der Waals surface area contributed by atoms with E-state index in [1.165, 1.54) is 0 Å². The van der Waals surface area contributed by atoms with Gasteiger partial charge >= 0.3 is 0 Å². The molecule has 0 spiro atoms. The molecule has 1 aliphatic rings. The number of nitriles is 1. The molecule has 0 aliphatic carbocycles. The summed E-state index contributed by atoms with van der Waals surface area (Å²) in [4.78, 5) is 27.4. The summed E-state index contributed by atoms with van der Waals surface area (Å²) >= 11 is 0. The molecule has 2 amide bonds. The minimum atomic E-state index is -0.572. The summed E-state index contributed by atoms with van der Waals surface area (Å²) in [7, 11) is 0. The second kappa shape index (κ2) is 7.88. The highest BCUT2D eigenvalue weighted by atomic mass is 16.2. The molecule has 0 saturated carbocycles. The number of anilines is 2. The number of aryl methyl sites for hydroxylation is 1. The Kier molecular flexibility index (Phi) is 5.37. The van der Waals surface area contributed by atoms with Gasteiger partial charge in [-0.3, -0.25) is 9.59 Å². The first kappa shape index (κ1) is 18.4. The molecule has 5 heteroatoms. The van der Waals surface area contributed by atoms with Crippen LogP contribution in [0.25, 0.3) is 5.57 Å². The van der Waals surface area contributed by atoms with Crippen molar-refractivity contribution in [1.82, 2.24) is 0 Å². The lowest BCUT2D eigenvalue weighted by Gasteiger charge is -2.16. The van der Waals surface area contributed by atoms with Crippen molar-refractivity contribution in [3.8, 4) is 6.07 Å². The Balaban J connectivity index is 2.00. The molecule has 136 valence electrons. The van der Waals surface area contributed by atoms with E-state index in [4.69, 9.17) is 0 Å². The molecule has 0 radical (unpaired) electrons. The number of unbranched alkanes of at least 4 members (excludes halogenated alkanes) is 1. The van der Waals surface area contributed by atoms with Gasteiger partial charge < -0.3 is 10.2 Å². The van der Waals surface area contributed by atoms with Crippen molar-refractivity contribution in [1.29, 1.82) is 5.26 Å². The summed E-state index contributed by atoms with van der Waals surface area (Å²) in [5.74, 6) is -0.864. The van der Waals surface area contributed by atoms with E-state index in [9.17, 15) is 14.9 Å². The summed E-state index contributed by atoms with van der Waals surface area (Å²) in [6.07, 6.45) is 1.80. The highest BCUT2D eigenvalue weighted by Crippen LogP contribution is 2.38. The third kappa shape index (κ3) is 3.61. The maximum Gasteiger partial charge on any atom is 0.267 e. The molecule has 0 saturated heterocycles. The monoisotopic (exact) mass is 359 g/mol. The van der Waals surface area contributed by atoms with Crippen LogP contribution in [0, 0.1) is 18.3 Å². The summed E-state index contributed by atoms with van der Waals surface area (Å²) in [5, 5.41) is 12.4. The molecule has 1 N–H and O–H groups in total. The molecule has 5 nitrogen and oxygen atoms in total. The minimum Gasteiger partial charge on any atom is -0.321 e. The fourth-order valence-corrected chi connectivity index (χ4v) is 3.11. The van der Waals surface area contributed by atoms with Gasteiger partial charge in [0, 0.05) is 17.8 Å². The van der Waals surface area contributed by atoms with Crippen LogP contribution in [0.3, 0.4) is 0 Å². The number of carbonyl (C=O) groups excluding carboxylic acids is 2. The van der Waals surface area contributed by atoms with Gasteiger partial charge in [-0.2, -0.15) is 5.26 Å². The van der Waals surface area contributed by atoms with E-state index in [2.05, 4.69) is 12.2 Å². The molecule has 0 fully saturated rings. The fourth-order valence-electron chi connectivity index (χ4n) is 3.11. The summed E-state index contributed by atoms with van der Waals surface area (Å²) < 4.78 is 0. The Labute approximate surface area is 158 Å². The van der Waals surface area contributed by atoms with Crippen molar-refractivity contribution in [2.45, 2.75) is 26.7 Å². The van der Waals surface area contributed by atoms with E-state index in [1.54, 1.807) is 23.1 Å². The predicted octanol–water partition coefficient (Wildman–Crippen LogP) is 4.06. The van der Waals surface area contributed by atoms with Gasteiger partial charge in [0.15, 0.2) is 0 Å². The Hall–Kier alpha value is -3.39. The van der Waals surface area contributed by atoms with E-state index in [0.29, 0.717) is 17.8 Å². The molecule has 1 heterocycles. The SMILES string of the molecule is CCCCN1C(=O)/C(=C(\C#N)C(=O)Nc2ccc(C)cc2)c2ccccc21. The van der Waals surface area contributed by atoms with Crippen molar-refractivity contribution in [3.05, 3.63) is 65.2 Å². The molecule has 0 aromatic heterocycles. The maximum atomic E-state index is 13.0. The predicted molar refractivity (Wildman–Crippen MR) is 106 cm³/mol. The van der Waals surface area contributed by atoms with Gasteiger partial charge in [-0.25, -0.2) is 0 Å². The molecule has 2 aromatic carbocycles. The zero-order valence-corrected chi connectivity index (χ0v) is 15.5. The number of amides is 2. The van der Waals surface area contributed by atoms with Gasteiger partial charge in [0.2, 0.25) is 0 Å². The Morgan fingerprint density at radius 2 is 1.85 bits per heavy atom. The van der Waals surface area contributed by atoms with Crippen LogP contribution in [0.4, 0.5) is 11.4 Å². The second-order valence-electron chi connectivity index (χ2n) is 6.51. The summed E-state index contributed by atoms with van der Waals surface area (Å²) in [6.45, 7) is 4.57. The maximum absolute atomic E-state index is 13.0. The molecule has 3 rings (SSSR count). The highest BCUT2D eigenvalue weighted by Gasteiger charge is 2.35. The number of carbonyl (C=O) groups is 2. The lowest BCUT2D eigenvalue weighted by molar-refractivity contribution is -0.114. The number of fused-ring (bicyclic) bond motifs is 1. The van der Waals surface area contributed by atoms with Gasteiger partial charge in [-0.1, -0.05) is 49.2 Å². The lowest BCUT2D eigenvalue weighted by atomic mass is 10.0. The number of nitrogens with zero attached hydrogens (tertiary/aromatic N) is 2. The van der Waals surface area contributed by atoms with E-state index < -0.39 is 5.91 Å². The van der Waals surface area contributed by atoms with Crippen LogP contribution < -0.4 is 10.2 Å². The molecule has 27 heavy (non-hydrogen) atoms. The quantitative estimate of drug-likeness (QED) is 0.646. The van der Waals surface area contributed by atoms with Crippen LogP contribution in [0.2, 0.25) is 0 Å². The zero-order valence-electron chi connectivity index (χ0n) is 15.5. The van der Waals surface area contributed by atoms with Crippen LogP contribution in [0.1, 0.15) is 30.9 Å². The minimum absolute atomic E-state index is 0.160. The molecular weight excluding hydrogens is 338 g/mol. The van der Waals surface area contributed by atoms with Gasteiger partial charge in [-0.15, -0.1) is 0 Å². The van der Waals surface area contributed by atoms with Gasteiger partial charge in [0.25, 0.3) is 11.8 Å². The van der Waals surface area contributed by atoms with Gasteiger partial charge in [0.05, 0.1) is 11.3 Å². The molecule has 0 atom stereocenters. The molecular formula is C22H21N3O2.